The average Bonchev–Trinajstić information content (AvgIpc) is 3.59. The Labute approximate surface area is 193 Å². The van der Waals surface area contributed by atoms with Gasteiger partial charge < -0.3 is 10.1 Å². The van der Waals surface area contributed by atoms with Gasteiger partial charge in [-0.15, -0.1) is 0 Å². The molecule has 6 rings (SSSR count). The third-order valence-electron chi connectivity index (χ3n) is 6.45. The van der Waals surface area contributed by atoms with Gasteiger partial charge in [0, 0.05) is 55.7 Å². The van der Waals surface area contributed by atoms with E-state index in [4.69, 9.17) is 9.72 Å². The van der Waals surface area contributed by atoms with Crippen LogP contribution in [0.1, 0.15) is 29.9 Å². The van der Waals surface area contributed by atoms with Crippen LogP contribution >= 0.6 is 0 Å². The maximum absolute atomic E-state index is 5.51. The van der Waals surface area contributed by atoms with Crippen LogP contribution in [0.2, 0.25) is 0 Å². The van der Waals surface area contributed by atoms with Gasteiger partial charge in [-0.05, 0) is 65.8 Å². The molecule has 0 bridgehead atoms. The van der Waals surface area contributed by atoms with Gasteiger partial charge in [-0.25, -0.2) is 9.97 Å². The monoisotopic (exact) mass is 440 g/mol. The Bertz CT molecular complexity index is 1290. The molecular weight excluding hydrogens is 412 g/mol. The number of hydrogen-bond donors (Lipinski definition) is 1. The van der Waals surface area contributed by atoms with Gasteiger partial charge in [0.1, 0.15) is 0 Å². The lowest BCUT2D eigenvalue weighted by atomic mass is 10.0. The predicted molar refractivity (Wildman–Crippen MR) is 130 cm³/mol. The van der Waals surface area contributed by atoms with Crippen LogP contribution in [0.4, 0.5) is 11.6 Å². The molecule has 0 radical (unpaired) electrons. The Morgan fingerprint density at radius 3 is 2.70 bits per heavy atom. The molecule has 1 saturated heterocycles. The molecule has 2 aromatic carbocycles. The van der Waals surface area contributed by atoms with E-state index in [0.717, 1.165) is 66.5 Å². The summed E-state index contributed by atoms with van der Waals surface area (Å²) in [6.07, 6.45) is 8.47. The molecule has 0 atom stereocenters. The van der Waals surface area contributed by atoms with Crippen LogP contribution in [0.25, 0.3) is 22.0 Å². The van der Waals surface area contributed by atoms with Crippen molar-refractivity contribution in [2.75, 3.05) is 31.6 Å². The number of nitrogens with zero attached hydrogens (tertiary/aromatic N) is 5. The molecule has 33 heavy (non-hydrogen) atoms. The van der Waals surface area contributed by atoms with Crippen molar-refractivity contribution in [2.24, 2.45) is 7.05 Å². The van der Waals surface area contributed by atoms with Crippen molar-refractivity contribution >= 4 is 22.5 Å². The highest BCUT2D eigenvalue weighted by Crippen LogP contribution is 2.40. The van der Waals surface area contributed by atoms with E-state index < -0.39 is 0 Å². The summed E-state index contributed by atoms with van der Waals surface area (Å²) >= 11 is 0. The summed E-state index contributed by atoms with van der Waals surface area (Å²) < 4.78 is 7.35. The summed E-state index contributed by atoms with van der Waals surface area (Å²) in [7, 11) is 1.94. The molecule has 2 fully saturated rings. The van der Waals surface area contributed by atoms with E-state index in [1.54, 1.807) is 0 Å². The highest BCUT2D eigenvalue weighted by atomic mass is 16.5. The zero-order valence-electron chi connectivity index (χ0n) is 18.9. The molecule has 1 saturated carbocycles. The molecule has 0 spiro atoms. The predicted octanol–water partition coefficient (Wildman–Crippen LogP) is 4.48. The summed E-state index contributed by atoms with van der Waals surface area (Å²) in [4.78, 5) is 11.8. The Hall–Kier alpha value is -3.29. The minimum Gasteiger partial charge on any atom is -0.379 e. The first-order chi connectivity index (χ1) is 16.2. The molecule has 1 N–H and O–H groups in total. The summed E-state index contributed by atoms with van der Waals surface area (Å²) in [5.74, 6) is 1.34. The Balaban J connectivity index is 1.30. The molecule has 1 aliphatic heterocycles. The normalized spacial score (nSPS) is 16.9. The lowest BCUT2D eigenvalue weighted by Gasteiger charge is -2.27. The molecule has 2 aliphatic rings. The fraction of sp³-hybridized carbons (Fsp3) is 0.346. The van der Waals surface area contributed by atoms with Crippen molar-refractivity contribution < 1.29 is 4.74 Å². The van der Waals surface area contributed by atoms with E-state index in [1.807, 2.05) is 30.3 Å². The standard InChI is InChI=1S/C26H28N6O/c1-31-17-23(15-28-31)21-10-18(16-32-6-8-33-9-7-32)11-24(13-21)29-26-27-14-22-12-20(19-2-3-19)4-5-25(22)30-26/h4-5,10-15,17,19H,2-3,6-9,16H2,1H3,(H,27,29,30). The van der Waals surface area contributed by atoms with Crippen LogP contribution < -0.4 is 5.32 Å². The van der Waals surface area contributed by atoms with Gasteiger partial charge in [0.15, 0.2) is 0 Å². The first kappa shape index (κ1) is 20.3. The molecule has 7 nitrogen and oxygen atoms in total. The lowest BCUT2D eigenvalue weighted by Crippen LogP contribution is -2.35. The van der Waals surface area contributed by atoms with E-state index >= 15 is 0 Å². The van der Waals surface area contributed by atoms with Crippen molar-refractivity contribution in [3.8, 4) is 11.1 Å². The first-order valence-electron chi connectivity index (χ1n) is 11.7. The Kier molecular flexibility index (Phi) is 5.28. The van der Waals surface area contributed by atoms with Crippen LogP contribution in [0, 0.1) is 0 Å². The molecule has 0 amide bonds. The van der Waals surface area contributed by atoms with Crippen molar-refractivity contribution in [3.05, 3.63) is 66.1 Å². The van der Waals surface area contributed by atoms with E-state index in [9.17, 15) is 0 Å². The number of ether oxygens (including phenoxy) is 1. The van der Waals surface area contributed by atoms with Crippen molar-refractivity contribution in [1.82, 2.24) is 24.6 Å². The van der Waals surface area contributed by atoms with Gasteiger partial charge in [0.2, 0.25) is 5.95 Å². The number of morpholine rings is 1. The molecule has 3 heterocycles. The summed E-state index contributed by atoms with van der Waals surface area (Å²) in [5.41, 5.74) is 6.82. The maximum Gasteiger partial charge on any atom is 0.227 e. The van der Waals surface area contributed by atoms with Gasteiger partial charge in [-0.3, -0.25) is 9.58 Å². The summed E-state index contributed by atoms with van der Waals surface area (Å²) in [5, 5.41) is 8.90. The minimum absolute atomic E-state index is 0.613. The number of benzene rings is 2. The van der Waals surface area contributed by atoms with Crippen LogP contribution in [-0.4, -0.2) is 51.0 Å². The highest BCUT2D eigenvalue weighted by Gasteiger charge is 2.23. The second-order valence-corrected chi connectivity index (χ2v) is 9.12. The Morgan fingerprint density at radius 1 is 1.03 bits per heavy atom. The van der Waals surface area contributed by atoms with Gasteiger partial charge >= 0.3 is 0 Å². The summed E-state index contributed by atoms with van der Waals surface area (Å²) in [6.45, 7) is 4.38. The van der Waals surface area contributed by atoms with Crippen LogP contribution in [0.15, 0.2) is 55.0 Å². The number of aryl methyl sites for hydroxylation is 1. The summed E-state index contributed by atoms with van der Waals surface area (Å²) in [6, 6.07) is 13.1. The third kappa shape index (κ3) is 4.60. The van der Waals surface area contributed by atoms with Crippen molar-refractivity contribution in [1.29, 1.82) is 0 Å². The molecule has 1 aliphatic carbocycles. The molecular formula is C26H28N6O. The topological polar surface area (TPSA) is 68.1 Å². The lowest BCUT2D eigenvalue weighted by molar-refractivity contribution is 0.0342. The van der Waals surface area contributed by atoms with Gasteiger partial charge in [-0.2, -0.15) is 5.10 Å². The van der Waals surface area contributed by atoms with E-state index in [0.29, 0.717) is 5.95 Å². The smallest absolute Gasteiger partial charge is 0.227 e. The number of fused-ring (bicyclic) bond motifs is 1. The quantitative estimate of drug-likeness (QED) is 0.477. The molecule has 168 valence electrons. The number of rotatable bonds is 6. The zero-order chi connectivity index (χ0) is 22.2. The largest absolute Gasteiger partial charge is 0.379 e. The van der Waals surface area contributed by atoms with E-state index in [1.165, 1.54) is 24.0 Å². The van der Waals surface area contributed by atoms with Crippen molar-refractivity contribution in [2.45, 2.75) is 25.3 Å². The molecule has 2 aromatic heterocycles. The number of aromatic nitrogens is 4. The second-order valence-electron chi connectivity index (χ2n) is 9.12. The number of anilines is 2. The van der Waals surface area contributed by atoms with E-state index in [-0.39, 0.29) is 0 Å². The van der Waals surface area contributed by atoms with Crippen molar-refractivity contribution in [3.63, 3.8) is 0 Å². The highest BCUT2D eigenvalue weighted by molar-refractivity contribution is 5.80. The zero-order valence-corrected chi connectivity index (χ0v) is 18.9. The van der Waals surface area contributed by atoms with Crippen LogP contribution in [-0.2, 0) is 18.3 Å². The van der Waals surface area contributed by atoms with Gasteiger partial charge in [-0.1, -0.05) is 6.07 Å². The van der Waals surface area contributed by atoms with Crippen LogP contribution in [0.5, 0.6) is 0 Å². The number of nitrogens with one attached hydrogen (secondary N) is 1. The maximum atomic E-state index is 5.51. The first-order valence-corrected chi connectivity index (χ1v) is 11.7. The van der Waals surface area contributed by atoms with Crippen LogP contribution in [0.3, 0.4) is 0 Å². The fourth-order valence-corrected chi connectivity index (χ4v) is 4.52. The molecule has 0 unspecified atom stereocenters. The Morgan fingerprint density at radius 2 is 1.91 bits per heavy atom. The molecule has 4 aromatic rings. The number of hydrogen-bond acceptors (Lipinski definition) is 6. The fourth-order valence-electron chi connectivity index (χ4n) is 4.52. The molecule has 7 heteroatoms. The minimum atomic E-state index is 0.613. The van der Waals surface area contributed by atoms with Gasteiger partial charge in [0.05, 0.1) is 24.9 Å². The SMILES string of the molecule is Cn1cc(-c2cc(CN3CCOCC3)cc(Nc3ncc4cc(C5CC5)ccc4n3)c2)cn1. The second kappa shape index (κ2) is 8.57. The third-order valence-corrected chi connectivity index (χ3v) is 6.45. The average molecular weight is 441 g/mol. The van der Waals surface area contributed by atoms with Gasteiger partial charge in [0.25, 0.3) is 0 Å². The van der Waals surface area contributed by atoms with E-state index in [2.05, 4.69) is 56.7 Å².